The number of hydrogen-bond acceptors (Lipinski definition) is 2. The van der Waals surface area contributed by atoms with Crippen LogP contribution >= 0.6 is 24.0 Å². The molecule has 0 unspecified atom stereocenters. The van der Waals surface area contributed by atoms with Gasteiger partial charge >= 0.3 is 0 Å². The van der Waals surface area contributed by atoms with E-state index in [4.69, 9.17) is 5.73 Å². The van der Waals surface area contributed by atoms with Gasteiger partial charge in [-0.3, -0.25) is 9.89 Å². The Bertz CT molecular complexity index is 271. The summed E-state index contributed by atoms with van der Waals surface area (Å²) in [4.78, 5) is 9.36. The molecule has 5 heteroatoms. The second-order valence-electron chi connectivity index (χ2n) is 5.50. The molecule has 1 heterocycles. The van der Waals surface area contributed by atoms with Crippen molar-refractivity contribution in [3.8, 4) is 0 Å². The second-order valence-corrected chi connectivity index (χ2v) is 5.50. The van der Waals surface area contributed by atoms with E-state index in [1.807, 2.05) is 0 Å². The number of guanidine groups is 1. The average Bonchev–Trinajstić information content (AvgIpc) is 3.19. The van der Waals surface area contributed by atoms with Crippen LogP contribution in [0.1, 0.15) is 45.4 Å². The van der Waals surface area contributed by atoms with E-state index in [0.29, 0.717) is 0 Å². The van der Waals surface area contributed by atoms with Crippen molar-refractivity contribution in [2.45, 2.75) is 51.5 Å². The van der Waals surface area contributed by atoms with Gasteiger partial charge in [0.25, 0.3) is 0 Å². The van der Waals surface area contributed by atoms with Gasteiger partial charge < -0.3 is 10.6 Å². The van der Waals surface area contributed by atoms with Gasteiger partial charge in [-0.1, -0.05) is 19.8 Å². The van der Waals surface area contributed by atoms with Crippen LogP contribution in [0.15, 0.2) is 4.99 Å². The van der Waals surface area contributed by atoms with Gasteiger partial charge in [-0.2, -0.15) is 0 Å². The maximum atomic E-state index is 6.09. The van der Waals surface area contributed by atoms with E-state index in [9.17, 15) is 0 Å². The lowest BCUT2D eigenvalue weighted by Gasteiger charge is -2.22. The summed E-state index contributed by atoms with van der Waals surface area (Å²) in [6, 6.07) is 0.838. The maximum absolute atomic E-state index is 6.09. The van der Waals surface area contributed by atoms with E-state index in [1.54, 1.807) is 0 Å². The minimum atomic E-state index is 0. The monoisotopic (exact) mass is 380 g/mol. The Labute approximate surface area is 134 Å². The maximum Gasteiger partial charge on any atom is 0.191 e. The van der Waals surface area contributed by atoms with Gasteiger partial charge in [-0.05, 0) is 32.2 Å². The van der Waals surface area contributed by atoms with Crippen molar-refractivity contribution in [2.24, 2.45) is 10.7 Å². The summed E-state index contributed by atoms with van der Waals surface area (Å²) in [5.41, 5.74) is 6.09. The molecule has 0 spiro atoms. The molecule has 1 aliphatic heterocycles. The highest BCUT2D eigenvalue weighted by Crippen LogP contribution is 2.25. The molecule has 0 aromatic rings. The Morgan fingerprint density at radius 1 is 1.21 bits per heavy atom. The molecule has 0 radical (unpaired) electrons. The molecule has 0 bridgehead atoms. The van der Waals surface area contributed by atoms with Crippen LogP contribution in [0, 0.1) is 0 Å². The van der Waals surface area contributed by atoms with Gasteiger partial charge in [-0.15, -0.1) is 24.0 Å². The topological polar surface area (TPSA) is 44.9 Å². The molecule has 0 aromatic carbocycles. The highest BCUT2D eigenvalue weighted by molar-refractivity contribution is 14.0. The molecule has 19 heavy (non-hydrogen) atoms. The molecule has 2 rings (SSSR count). The first-order valence-electron chi connectivity index (χ1n) is 7.60. The van der Waals surface area contributed by atoms with Gasteiger partial charge in [0, 0.05) is 25.7 Å². The standard InChI is InChI=1S/C14H28N4.HI/c1-2-17(13-7-8-13)12-9-16-14(15)18-10-5-3-4-6-11-18;/h13H,2-12H2,1H3,(H2,15,16);1H. The molecule has 4 nitrogen and oxygen atoms in total. The average molecular weight is 380 g/mol. The zero-order valence-electron chi connectivity index (χ0n) is 12.2. The Kier molecular flexibility index (Phi) is 8.06. The normalized spacial score (nSPS) is 21.2. The lowest BCUT2D eigenvalue weighted by molar-refractivity contribution is 0.285. The SMILES string of the molecule is CCN(CCN=C(N)N1CCCCCC1)C1CC1.I. The van der Waals surface area contributed by atoms with E-state index < -0.39 is 0 Å². The largest absolute Gasteiger partial charge is 0.370 e. The van der Waals surface area contributed by atoms with Crippen molar-refractivity contribution >= 4 is 29.9 Å². The van der Waals surface area contributed by atoms with E-state index in [0.717, 1.165) is 44.7 Å². The molecule has 112 valence electrons. The fraction of sp³-hybridized carbons (Fsp3) is 0.929. The Morgan fingerprint density at radius 3 is 2.37 bits per heavy atom. The van der Waals surface area contributed by atoms with Crippen LogP contribution < -0.4 is 5.73 Å². The van der Waals surface area contributed by atoms with Gasteiger partial charge in [0.2, 0.25) is 0 Å². The number of hydrogen-bond donors (Lipinski definition) is 1. The molecular weight excluding hydrogens is 351 g/mol. The van der Waals surface area contributed by atoms with Crippen LogP contribution in [0.4, 0.5) is 0 Å². The molecule has 0 amide bonds. The minimum absolute atomic E-state index is 0. The molecule has 2 N–H and O–H groups in total. The zero-order chi connectivity index (χ0) is 12.8. The predicted molar refractivity (Wildman–Crippen MR) is 92.2 cm³/mol. The third kappa shape index (κ3) is 5.85. The van der Waals surface area contributed by atoms with Crippen molar-refractivity contribution in [1.29, 1.82) is 0 Å². The summed E-state index contributed by atoms with van der Waals surface area (Å²) < 4.78 is 0. The van der Waals surface area contributed by atoms with Crippen LogP contribution in [0.25, 0.3) is 0 Å². The summed E-state index contributed by atoms with van der Waals surface area (Å²) in [5, 5.41) is 0. The van der Waals surface area contributed by atoms with Crippen molar-refractivity contribution in [3.63, 3.8) is 0 Å². The van der Waals surface area contributed by atoms with Gasteiger partial charge in [0.1, 0.15) is 0 Å². The first-order chi connectivity index (χ1) is 8.81. The third-order valence-electron chi connectivity index (χ3n) is 4.06. The molecule has 0 atom stereocenters. The molecule has 2 fully saturated rings. The Morgan fingerprint density at radius 2 is 1.84 bits per heavy atom. The van der Waals surface area contributed by atoms with E-state index in [2.05, 4.69) is 21.7 Å². The zero-order valence-corrected chi connectivity index (χ0v) is 14.5. The molecule has 1 saturated carbocycles. The number of likely N-dealkylation sites (N-methyl/N-ethyl adjacent to an activating group) is 1. The first kappa shape index (κ1) is 17.0. The number of halogens is 1. The fourth-order valence-electron chi connectivity index (χ4n) is 2.73. The lowest BCUT2D eigenvalue weighted by Crippen LogP contribution is -2.38. The Balaban J connectivity index is 0.00000180. The smallest absolute Gasteiger partial charge is 0.191 e. The van der Waals surface area contributed by atoms with Crippen molar-refractivity contribution < 1.29 is 0 Å². The number of likely N-dealkylation sites (tertiary alicyclic amines) is 1. The quantitative estimate of drug-likeness (QED) is 0.452. The highest BCUT2D eigenvalue weighted by Gasteiger charge is 2.27. The van der Waals surface area contributed by atoms with Gasteiger partial charge in [0.15, 0.2) is 5.96 Å². The molecular formula is C14H29IN4. The molecule has 1 aliphatic carbocycles. The molecule has 2 aliphatic rings. The third-order valence-corrected chi connectivity index (χ3v) is 4.06. The minimum Gasteiger partial charge on any atom is -0.370 e. The second kappa shape index (κ2) is 9.00. The number of nitrogens with zero attached hydrogens (tertiary/aromatic N) is 3. The lowest BCUT2D eigenvalue weighted by atomic mass is 10.2. The van der Waals surface area contributed by atoms with E-state index >= 15 is 0 Å². The number of rotatable bonds is 5. The van der Waals surface area contributed by atoms with Crippen LogP contribution in [-0.2, 0) is 0 Å². The number of nitrogens with two attached hydrogens (primary N) is 1. The van der Waals surface area contributed by atoms with E-state index in [-0.39, 0.29) is 24.0 Å². The summed E-state index contributed by atoms with van der Waals surface area (Å²) >= 11 is 0. The predicted octanol–water partition coefficient (Wildman–Crippen LogP) is 2.28. The van der Waals surface area contributed by atoms with Crippen LogP contribution in [0.5, 0.6) is 0 Å². The van der Waals surface area contributed by atoms with Crippen LogP contribution in [0.2, 0.25) is 0 Å². The Hall–Kier alpha value is -0.0400. The van der Waals surface area contributed by atoms with Crippen molar-refractivity contribution in [3.05, 3.63) is 0 Å². The van der Waals surface area contributed by atoms with E-state index in [1.165, 1.54) is 38.5 Å². The summed E-state index contributed by atoms with van der Waals surface area (Å²) in [7, 11) is 0. The van der Waals surface area contributed by atoms with Crippen LogP contribution in [-0.4, -0.2) is 54.5 Å². The van der Waals surface area contributed by atoms with Crippen molar-refractivity contribution in [1.82, 2.24) is 9.80 Å². The summed E-state index contributed by atoms with van der Waals surface area (Å²) in [5.74, 6) is 0.767. The highest BCUT2D eigenvalue weighted by atomic mass is 127. The first-order valence-corrected chi connectivity index (χ1v) is 7.60. The van der Waals surface area contributed by atoms with Gasteiger partial charge in [-0.25, -0.2) is 0 Å². The molecule has 0 aromatic heterocycles. The summed E-state index contributed by atoms with van der Waals surface area (Å²) in [6.07, 6.45) is 7.96. The van der Waals surface area contributed by atoms with Gasteiger partial charge in [0.05, 0.1) is 6.54 Å². The fourth-order valence-corrected chi connectivity index (χ4v) is 2.73. The molecule has 1 saturated heterocycles. The van der Waals surface area contributed by atoms with Crippen molar-refractivity contribution in [2.75, 3.05) is 32.7 Å². The van der Waals surface area contributed by atoms with Crippen LogP contribution in [0.3, 0.4) is 0 Å². The summed E-state index contributed by atoms with van der Waals surface area (Å²) in [6.45, 7) is 7.48. The number of aliphatic imine (C=N–C) groups is 1.